The molecule has 0 atom stereocenters. The molecule has 7 heteroatoms. The van der Waals surface area contributed by atoms with Gasteiger partial charge in [0, 0.05) is 29.4 Å². The van der Waals surface area contributed by atoms with Gasteiger partial charge in [-0.25, -0.2) is 14.8 Å². The Morgan fingerprint density at radius 1 is 1.26 bits per heavy atom. The van der Waals surface area contributed by atoms with Crippen molar-refractivity contribution < 1.29 is 9.53 Å². The maximum absolute atomic E-state index is 11.8. The van der Waals surface area contributed by atoms with E-state index in [1.54, 1.807) is 6.07 Å². The number of rotatable bonds is 4. The molecule has 140 valence electrons. The third-order valence-electron chi connectivity index (χ3n) is 5.01. The first-order chi connectivity index (χ1) is 13.1. The minimum atomic E-state index is -0.413. The molecule has 0 bridgehead atoms. The van der Waals surface area contributed by atoms with Crippen LogP contribution in [0.3, 0.4) is 0 Å². The van der Waals surface area contributed by atoms with E-state index >= 15 is 0 Å². The summed E-state index contributed by atoms with van der Waals surface area (Å²) >= 11 is 6.29. The Balaban J connectivity index is 1.71. The van der Waals surface area contributed by atoms with Crippen LogP contribution in [0.15, 0.2) is 30.6 Å². The lowest BCUT2D eigenvalue weighted by Crippen LogP contribution is -2.22. The van der Waals surface area contributed by atoms with Crippen LogP contribution in [-0.4, -0.2) is 34.1 Å². The molecular formula is C20H21ClN4O2. The number of fused-ring (bicyclic) bond motifs is 1. The first-order valence-electron chi connectivity index (χ1n) is 9.14. The number of pyridine rings is 2. The number of esters is 1. The van der Waals surface area contributed by atoms with Crippen LogP contribution in [0.4, 0.5) is 5.82 Å². The molecule has 2 N–H and O–H groups in total. The number of hydrogen-bond donors (Lipinski definition) is 2. The maximum Gasteiger partial charge on any atom is 0.339 e. The van der Waals surface area contributed by atoms with E-state index in [0.29, 0.717) is 22.4 Å². The zero-order valence-corrected chi connectivity index (χ0v) is 15.8. The SMILES string of the molecule is COC(=O)c1cnc2[nH]cc(-c3cc(Cl)nc(NC4CCCCC4)c3)c2c1. The molecule has 1 aliphatic carbocycles. The lowest BCUT2D eigenvalue weighted by Gasteiger charge is -2.23. The number of aromatic amines is 1. The van der Waals surface area contributed by atoms with Crippen LogP contribution in [0.25, 0.3) is 22.2 Å². The summed E-state index contributed by atoms with van der Waals surface area (Å²) in [6.45, 7) is 0. The zero-order chi connectivity index (χ0) is 18.8. The van der Waals surface area contributed by atoms with Gasteiger partial charge in [-0.15, -0.1) is 0 Å². The van der Waals surface area contributed by atoms with Crippen LogP contribution in [0, 0.1) is 0 Å². The molecule has 1 saturated carbocycles. The predicted molar refractivity (Wildman–Crippen MR) is 106 cm³/mol. The Kier molecular flexibility index (Phi) is 4.99. The lowest BCUT2D eigenvalue weighted by molar-refractivity contribution is 0.0600. The van der Waals surface area contributed by atoms with Crippen LogP contribution in [0.5, 0.6) is 0 Å². The van der Waals surface area contributed by atoms with Gasteiger partial charge in [0.25, 0.3) is 0 Å². The molecule has 0 saturated heterocycles. The summed E-state index contributed by atoms with van der Waals surface area (Å²) in [5.41, 5.74) is 2.95. The van der Waals surface area contributed by atoms with Gasteiger partial charge in [0.1, 0.15) is 16.6 Å². The van der Waals surface area contributed by atoms with Crippen molar-refractivity contribution in [3.63, 3.8) is 0 Å². The van der Waals surface area contributed by atoms with Gasteiger partial charge in [0.2, 0.25) is 0 Å². The molecule has 27 heavy (non-hydrogen) atoms. The third kappa shape index (κ3) is 3.76. The molecule has 0 aliphatic heterocycles. The highest BCUT2D eigenvalue weighted by Crippen LogP contribution is 2.32. The molecule has 0 radical (unpaired) electrons. The van der Waals surface area contributed by atoms with Gasteiger partial charge < -0.3 is 15.0 Å². The van der Waals surface area contributed by atoms with Gasteiger partial charge >= 0.3 is 5.97 Å². The number of ether oxygens (including phenoxy) is 1. The molecule has 0 amide bonds. The Morgan fingerprint density at radius 3 is 2.85 bits per heavy atom. The van der Waals surface area contributed by atoms with Crippen molar-refractivity contribution in [2.45, 2.75) is 38.1 Å². The minimum absolute atomic E-state index is 0.409. The Labute approximate surface area is 162 Å². The molecule has 6 nitrogen and oxygen atoms in total. The number of anilines is 1. The number of H-pyrrole nitrogens is 1. The van der Waals surface area contributed by atoms with Gasteiger partial charge in [0.15, 0.2) is 0 Å². The molecule has 1 fully saturated rings. The number of carbonyl (C=O) groups is 1. The summed E-state index contributed by atoms with van der Waals surface area (Å²) in [7, 11) is 1.36. The summed E-state index contributed by atoms with van der Waals surface area (Å²) in [4.78, 5) is 23.7. The van der Waals surface area contributed by atoms with Crippen LogP contribution in [0.1, 0.15) is 42.5 Å². The number of nitrogens with zero attached hydrogens (tertiary/aromatic N) is 2. The summed E-state index contributed by atoms with van der Waals surface area (Å²) in [6.07, 6.45) is 9.48. The van der Waals surface area contributed by atoms with Crippen LogP contribution >= 0.6 is 11.6 Å². The Bertz CT molecular complexity index is 979. The highest BCUT2D eigenvalue weighted by molar-refractivity contribution is 6.29. The molecule has 0 spiro atoms. The first-order valence-corrected chi connectivity index (χ1v) is 9.52. The average molecular weight is 385 g/mol. The number of nitrogens with one attached hydrogen (secondary N) is 2. The average Bonchev–Trinajstić information content (AvgIpc) is 3.11. The van der Waals surface area contributed by atoms with Crippen LogP contribution in [0.2, 0.25) is 5.15 Å². The van der Waals surface area contributed by atoms with E-state index in [9.17, 15) is 4.79 Å². The maximum atomic E-state index is 11.8. The summed E-state index contributed by atoms with van der Waals surface area (Å²) in [5, 5.41) is 4.78. The van der Waals surface area contributed by atoms with Crippen molar-refractivity contribution in [3.05, 3.63) is 41.3 Å². The van der Waals surface area contributed by atoms with Gasteiger partial charge in [-0.3, -0.25) is 0 Å². The normalized spacial score (nSPS) is 15.0. The first kappa shape index (κ1) is 17.8. The highest BCUT2D eigenvalue weighted by atomic mass is 35.5. The zero-order valence-electron chi connectivity index (χ0n) is 15.1. The molecule has 0 aromatic carbocycles. The molecule has 3 aromatic heterocycles. The quantitative estimate of drug-likeness (QED) is 0.498. The highest BCUT2D eigenvalue weighted by Gasteiger charge is 2.16. The number of aromatic nitrogens is 3. The molecule has 0 unspecified atom stereocenters. The van der Waals surface area contributed by atoms with E-state index in [0.717, 1.165) is 35.2 Å². The lowest BCUT2D eigenvalue weighted by atomic mass is 9.95. The molecular weight excluding hydrogens is 364 g/mol. The minimum Gasteiger partial charge on any atom is -0.465 e. The van der Waals surface area contributed by atoms with Crippen molar-refractivity contribution in [1.82, 2.24) is 15.0 Å². The second-order valence-corrected chi connectivity index (χ2v) is 7.24. The van der Waals surface area contributed by atoms with Crippen LogP contribution in [-0.2, 0) is 4.74 Å². The molecule has 3 heterocycles. The molecule has 4 rings (SSSR count). The summed E-state index contributed by atoms with van der Waals surface area (Å²) in [5.74, 6) is 0.361. The Hall–Kier alpha value is -2.60. The Morgan fingerprint density at radius 2 is 2.07 bits per heavy atom. The van der Waals surface area contributed by atoms with E-state index in [1.165, 1.54) is 32.6 Å². The molecule has 3 aromatic rings. The second-order valence-electron chi connectivity index (χ2n) is 6.86. The summed E-state index contributed by atoms with van der Waals surface area (Å²) < 4.78 is 4.80. The number of methoxy groups -OCH3 is 1. The van der Waals surface area contributed by atoms with Crippen molar-refractivity contribution in [2.24, 2.45) is 0 Å². The van der Waals surface area contributed by atoms with Gasteiger partial charge in [-0.1, -0.05) is 30.9 Å². The largest absolute Gasteiger partial charge is 0.465 e. The monoisotopic (exact) mass is 384 g/mol. The fourth-order valence-electron chi connectivity index (χ4n) is 3.65. The number of carbonyl (C=O) groups excluding carboxylic acids is 1. The van der Waals surface area contributed by atoms with E-state index in [1.807, 2.05) is 18.3 Å². The van der Waals surface area contributed by atoms with Crippen molar-refractivity contribution in [2.75, 3.05) is 12.4 Å². The topological polar surface area (TPSA) is 79.9 Å². The van der Waals surface area contributed by atoms with Gasteiger partial charge in [-0.05, 0) is 36.6 Å². The van der Waals surface area contributed by atoms with Gasteiger partial charge in [-0.2, -0.15) is 0 Å². The van der Waals surface area contributed by atoms with Crippen molar-refractivity contribution >= 4 is 34.4 Å². The predicted octanol–water partition coefficient (Wildman–Crippen LogP) is 4.81. The summed E-state index contributed by atoms with van der Waals surface area (Å²) in [6, 6.07) is 6.03. The van der Waals surface area contributed by atoms with Gasteiger partial charge in [0.05, 0.1) is 12.7 Å². The van der Waals surface area contributed by atoms with Crippen molar-refractivity contribution in [3.8, 4) is 11.1 Å². The smallest absolute Gasteiger partial charge is 0.339 e. The third-order valence-corrected chi connectivity index (χ3v) is 5.21. The second kappa shape index (κ2) is 7.56. The number of hydrogen-bond acceptors (Lipinski definition) is 5. The molecule has 1 aliphatic rings. The van der Waals surface area contributed by atoms with E-state index in [4.69, 9.17) is 16.3 Å². The van der Waals surface area contributed by atoms with E-state index in [2.05, 4.69) is 20.3 Å². The van der Waals surface area contributed by atoms with Crippen molar-refractivity contribution in [1.29, 1.82) is 0 Å². The fraction of sp³-hybridized carbons (Fsp3) is 0.350. The standard InChI is InChI=1S/C20H21ClN4O2/c1-27-20(26)13-7-15-16(11-23-19(15)22-10-13)12-8-17(21)25-18(9-12)24-14-5-3-2-4-6-14/h7-11,14H,2-6H2,1H3,(H,22,23)(H,24,25). The van der Waals surface area contributed by atoms with Crippen LogP contribution < -0.4 is 5.32 Å². The van der Waals surface area contributed by atoms with E-state index in [-0.39, 0.29) is 0 Å². The fourth-order valence-corrected chi connectivity index (χ4v) is 3.86. The van der Waals surface area contributed by atoms with E-state index < -0.39 is 5.97 Å². The number of halogens is 1.